The Morgan fingerprint density at radius 1 is 1.30 bits per heavy atom. The van der Waals surface area contributed by atoms with Crippen LogP contribution in [-0.4, -0.2) is 60.1 Å². The van der Waals surface area contributed by atoms with Crippen molar-refractivity contribution in [2.75, 3.05) is 33.2 Å². The molecule has 20 heavy (non-hydrogen) atoms. The summed E-state index contributed by atoms with van der Waals surface area (Å²) in [6.07, 6.45) is 2.23. The lowest BCUT2D eigenvalue weighted by atomic mass is 9.69. The van der Waals surface area contributed by atoms with Crippen LogP contribution in [0.2, 0.25) is 0 Å². The molecule has 0 unspecified atom stereocenters. The van der Waals surface area contributed by atoms with Gasteiger partial charge in [0.1, 0.15) is 0 Å². The Morgan fingerprint density at radius 2 is 2.00 bits per heavy atom. The van der Waals surface area contributed by atoms with E-state index in [4.69, 9.17) is 5.11 Å². The van der Waals surface area contributed by atoms with Gasteiger partial charge in [-0.2, -0.15) is 0 Å². The summed E-state index contributed by atoms with van der Waals surface area (Å²) in [5.41, 5.74) is 1.63. The lowest BCUT2D eigenvalue weighted by molar-refractivity contribution is -0.139. The molecule has 4 heteroatoms. The molecule has 108 valence electrons. The zero-order valence-corrected chi connectivity index (χ0v) is 12.0. The summed E-state index contributed by atoms with van der Waals surface area (Å²) >= 11 is 0. The Kier molecular flexibility index (Phi) is 3.52. The van der Waals surface area contributed by atoms with E-state index in [1.54, 1.807) is 0 Å². The highest BCUT2D eigenvalue weighted by molar-refractivity contribution is 5.69. The molecule has 0 saturated carbocycles. The number of benzene rings is 1. The number of rotatable bonds is 3. The van der Waals surface area contributed by atoms with Crippen molar-refractivity contribution in [1.29, 1.82) is 0 Å². The van der Waals surface area contributed by atoms with Crippen LogP contribution in [0, 0.1) is 0 Å². The van der Waals surface area contributed by atoms with Gasteiger partial charge in [0.05, 0.1) is 6.54 Å². The second-order valence-corrected chi connectivity index (χ2v) is 6.15. The van der Waals surface area contributed by atoms with Gasteiger partial charge in [-0.05, 0) is 38.5 Å². The molecule has 2 atom stereocenters. The van der Waals surface area contributed by atoms with Crippen LogP contribution in [0.15, 0.2) is 30.3 Å². The van der Waals surface area contributed by atoms with E-state index in [1.165, 1.54) is 12.0 Å². The lowest BCUT2D eigenvalue weighted by Crippen LogP contribution is -2.55. The average Bonchev–Trinajstić information content (AvgIpc) is 2.78. The SMILES string of the molecule is CN1CC[C@]2(c3ccccc3)CCN(CC(=O)O)C[C@@H]12. The van der Waals surface area contributed by atoms with Crippen molar-refractivity contribution in [3.8, 4) is 0 Å². The molecule has 1 N–H and O–H groups in total. The van der Waals surface area contributed by atoms with Crippen molar-refractivity contribution in [3.05, 3.63) is 35.9 Å². The van der Waals surface area contributed by atoms with E-state index in [2.05, 4.69) is 47.2 Å². The van der Waals surface area contributed by atoms with Crippen LogP contribution in [0.1, 0.15) is 18.4 Å². The maximum Gasteiger partial charge on any atom is 0.317 e. The first-order chi connectivity index (χ1) is 9.62. The van der Waals surface area contributed by atoms with Crippen molar-refractivity contribution in [2.45, 2.75) is 24.3 Å². The number of carboxylic acids is 1. The highest BCUT2D eigenvalue weighted by atomic mass is 16.4. The second-order valence-electron chi connectivity index (χ2n) is 6.15. The molecule has 2 heterocycles. The average molecular weight is 274 g/mol. The van der Waals surface area contributed by atoms with Crippen LogP contribution < -0.4 is 0 Å². The number of piperidine rings is 1. The van der Waals surface area contributed by atoms with Gasteiger partial charge >= 0.3 is 5.97 Å². The second kappa shape index (κ2) is 5.19. The summed E-state index contributed by atoms with van der Waals surface area (Å²) in [4.78, 5) is 15.4. The van der Waals surface area contributed by atoms with Gasteiger partial charge in [0, 0.05) is 18.0 Å². The van der Waals surface area contributed by atoms with Crippen LogP contribution in [0.5, 0.6) is 0 Å². The van der Waals surface area contributed by atoms with Gasteiger partial charge in [-0.1, -0.05) is 30.3 Å². The fourth-order valence-electron chi connectivity index (χ4n) is 4.01. The van der Waals surface area contributed by atoms with Crippen molar-refractivity contribution in [2.24, 2.45) is 0 Å². The lowest BCUT2D eigenvalue weighted by Gasteiger charge is -2.45. The zero-order valence-electron chi connectivity index (χ0n) is 12.0. The molecule has 3 rings (SSSR count). The first-order valence-corrected chi connectivity index (χ1v) is 7.32. The van der Waals surface area contributed by atoms with E-state index in [0.29, 0.717) is 6.04 Å². The summed E-state index contributed by atoms with van der Waals surface area (Å²) < 4.78 is 0. The third-order valence-electron chi connectivity index (χ3n) is 5.09. The molecule has 1 aromatic carbocycles. The molecule has 0 aliphatic carbocycles. The Bertz CT molecular complexity index is 491. The van der Waals surface area contributed by atoms with Gasteiger partial charge in [0.25, 0.3) is 0 Å². The largest absolute Gasteiger partial charge is 0.480 e. The van der Waals surface area contributed by atoms with Gasteiger partial charge < -0.3 is 10.0 Å². The molecule has 0 amide bonds. The van der Waals surface area contributed by atoms with Crippen LogP contribution >= 0.6 is 0 Å². The molecule has 0 bridgehead atoms. The number of hydrogen-bond acceptors (Lipinski definition) is 3. The molecule has 1 aromatic rings. The molecule has 4 nitrogen and oxygen atoms in total. The predicted molar refractivity (Wildman–Crippen MR) is 77.8 cm³/mol. The highest BCUT2D eigenvalue weighted by Crippen LogP contribution is 2.44. The fraction of sp³-hybridized carbons (Fsp3) is 0.562. The minimum atomic E-state index is -0.724. The Hall–Kier alpha value is -1.39. The molecular weight excluding hydrogens is 252 g/mol. The molecule has 0 radical (unpaired) electrons. The fourth-order valence-corrected chi connectivity index (χ4v) is 4.01. The van der Waals surface area contributed by atoms with Gasteiger partial charge in [0.2, 0.25) is 0 Å². The molecule has 0 aromatic heterocycles. The van der Waals surface area contributed by atoms with Crippen LogP contribution in [0.25, 0.3) is 0 Å². The first-order valence-electron chi connectivity index (χ1n) is 7.32. The maximum absolute atomic E-state index is 10.9. The summed E-state index contributed by atoms with van der Waals surface area (Å²) in [7, 11) is 2.17. The summed E-state index contributed by atoms with van der Waals surface area (Å²) in [6, 6.07) is 11.2. The van der Waals surface area contributed by atoms with Gasteiger partial charge in [-0.3, -0.25) is 9.69 Å². The Morgan fingerprint density at radius 3 is 2.70 bits per heavy atom. The minimum absolute atomic E-state index is 0.162. The number of likely N-dealkylation sites (tertiary alicyclic amines) is 2. The van der Waals surface area contributed by atoms with Gasteiger partial charge in [0.15, 0.2) is 0 Å². The number of nitrogens with zero attached hydrogens (tertiary/aromatic N) is 2. The van der Waals surface area contributed by atoms with Crippen molar-refractivity contribution >= 4 is 5.97 Å². The Labute approximate surface area is 120 Å². The molecule has 2 saturated heterocycles. The molecular formula is C16H22N2O2. The van der Waals surface area contributed by atoms with Crippen molar-refractivity contribution < 1.29 is 9.90 Å². The molecule has 2 aliphatic heterocycles. The van der Waals surface area contributed by atoms with Crippen molar-refractivity contribution in [3.63, 3.8) is 0 Å². The standard InChI is InChI=1S/C16H22N2O2/c1-17-9-7-16(13-5-3-2-4-6-13)8-10-18(11-14(16)17)12-15(19)20/h2-6,14H,7-12H2,1H3,(H,19,20)/t14-,16-/m1/s1. The number of likely N-dealkylation sites (N-methyl/N-ethyl adjacent to an activating group) is 1. The molecule has 0 spiro atoms. The van der Waals surface area contributed by atoms with E-state index >= 15 is 0 Å². The third kappa shape index (κ3) is 2.23. The monoisotopic (exact) mass is 274 g/mol. The zero-order chi connectivity index (χ0) is 14.2. The van der Waals surface area contributed by atoms with Gasteiger partial charge in [-0.15, -0.1) is 0 Å². The van der Waals surface area contributed by atoms with E-state index in [1.807, 2.05) is 0 Å². The van der Waals surface area contributed by atoms with E-state index < -0.39 is 5.97 Å². The summed E-state index contributed by atoms with van der Waals surface area (Å²) in [5, 5.41) is 9.00. The van der Waals surface area contributed by atoms with Crippen LogP contribution in [0.3, 0.4) is 0 Å². The predicted octanol–water partition coefficient (Wildman–Crippen LogP) is 1.42. The summed E-state index contributed by atoms with van der Waals surface area (Å²) in [6.45, 7) is 3.00. The topological polar surface area (TPSA) is 43.8 Å². The quantitative estimate of drug-likeness (QED) is 0.905. The Balaban J connectivity index is 1.86. The van der Waals surface area contributed by atoms with E-state index in [-0.39, 0.29) is 12.0 Å². The number of fused-ring (bicyclic) bond motifs is 1. The first kappa shape index (κ1) is 13.6. The molecule has 2 aliphatic rings. The van der Waals surface area contributed by atoms with Gasteiger partial charge in [-0.25, -0.2) is 0 Å². The number of carboxylic acid groups (broad SMARTS) is 1. The van der Waals surface area contributed by atoms with Crippen LogP contribution in [0.4, 0.5) is 0 Å². The summed E-state index contributed by atoms with van der Waals surface area (Å²) in [5.74, 6) is -0.724. The van der Waals surface area contributed by atoms with Crippen molar-refractivity contribution in [1.82, 2.24) is 9.80 Å². The minimum Gasteiger partial charge on any atom is -0.480 e. The number of aliphatic carboxylic acids is 1. The molecule has 2 fully saturated rings. The van der Waals surface area contributed by atoms with E-state index in [9.17, 15) is 4.79 Å². The highest BCUT2D eigenvalue weighted by Gasteiger charge is 2.49. The third-order valence-corrected chi connectivity index (χ3v) is 5.09. The smallest absolute Gasteiger partial charge is 0.317 e. The number of hydrogen-bond donors (Lipinski definition) is 1. The number of carbonyl (C=O) groups is 1. The van der Waals surface area contributed by atoms with E-state index in [0.717, 1.165) is 26.1 Å². The van der Waals surface area contributed by atoms with Crippen LogP contribution in [-0.2, 0) is 10.2 Å². The maximum atomic E-state index is 10.9. The normalized spacial score (nSPS) is 31.1.